The first kappa shape index (κ1) is 12.9. The van der Waals surface area contributed by atoms with Crippen LogP contribution in [0.1, 0.15) is 25.0 Å². The van der Waals surface area contributed by atoms with E-state index in [-0.39, 0.29) is 6.10 Å². The second kappa shape index (κ2) is 5.08. The molecule has 0 fully saturated rings. The molecule has 3 nitrogen and oxygen atoms in total. The van der Waals surface area contributed by atoms with Gasteiger partial charge >= 0.3 is 0 Å². The molecule has 2 aromatic rings. The van der Waals surface area contributed by atoms with Crippen LogP contribution in [0.4, 0.5) is 11.4 Å². The topological polar surface area (TPSA) is 38.5 Å². The fourth-order valence-corrected chi connectivity index (χ4v) is 2.69. The normalized spacial score (nSPS) is 13.7. The molecule has 0 saturated heterocycles. The van der Waals surface area contributed by atoms with Crippen LogP contribution in [-0.2, 0) is 13.1 Å². The molecule has 2 aromatic carbocycles. The molecule has 3 heteroatoms. The van der Waals surface area contributed by atoms with Crippen LogP contribution < -0.4 is 15.4 Å². The van der Waals surface area contributed by atoms with Crippen molar-refractivity contribution in [2.75, 3.05) is 10.6 Å². The number of benzene rings is 2. The Balaban J connectivity index is 1.91. The zero-order valence-electron chi connectivity index (χ0n) is 12.0. The summed E-state index contributed by atoms with van der Waals surface area (Å²) in [6.07, 6.45) is 0.172. The predicted molar refractivity (Wildman–Crippen MR) is 82.9 cm³/mol. The molecule has 1 aliphatic heterocycles. The van der Waals surface area contributed by atoms with Crippen molar-refractivity contribution in [3.8, 4) is 5.75 Å². The SMILES string of the molecule is CC(C)Oc1ccccc1N1Cc2cccc(N)c2C1. The maximum Gasteiger partial charge on any atom is 0.142 e. The van der Waals surface area contributed by atoms with Crippen LogP contribution in [0.3, 0.4) is 0 Å². The third-order valence-electron chi connectivity index (χ3n) is 3.59. The second-order valence-corrected chi connectivity index (χ2v) is 5.48. The molecule has 2 N–H and O–H groups in total. The Hall–Kier alpha value is -2.16. The van der Waals surface area contributed by atoms with Crippen LogP contribution in [0.2, 0.25) is 0 Å². The average molecular weight is 268 g/mol. The molecule has 0 spiro atoms. The van der Waals surface area contributed by atoms with E-state index in [1.807, 2.05) is 38.1 Å². The van der Waals surface area contributed by atoms with Gasteiger partial charge in [0.25, 0.3) is 0 Å². The Bertz CT molecular complexity index is 622. The van der Waals surface area contributed by atoms with Gasteiger partial charge in [0.1, 0.15) is 5.75 Å². The van der Waals surface area contributed by atoms with E-state index in [0.29, 0.717) is 0 Å². The summed E-state index contributed by atoms with van der Waals surface area (Å²) in [5.74, 6) is 0.939. The zero-order valence-corrected chi connectivity index (χ0v) is 12.0. The average Bonchev–Trinajstić information content (AvgIpc) is 2.84. The van der Waals surface area contributed by atoms with E-state index in [9.17, 15) is 0 Å². The standard InChI is InChI=1S/C17H20N2O/c1-12(2)20-17-9-4-3-8-16(17)19-10-13-6-5-7-15(18)14(13)11-19/h3-9,12H,10-11,18H2,1-2H3. The lowest BCUT2D eigenvalue weighted by atomic mass is 10.1. The number of para-hydroxylation sites is 2. The highest BCUT2D eigenvalue weighted by atomic mass is 16.5. The number of nitrogens with zero attached hydrogens (tertiary/aromatic N) is 1. The van der Waals surface area contributed by atoms with Gasteiger partial charge in [0.2, 0.25) is 0 Å². The van der Waals surface area contributed by atoms with Gasteiger partial charge in [-0.25, -0.2) is 0 Å². The Morgan fingerprint density at radius 2 is 1.85 bits per heavy atom. The van der Waals surface area contributed by atoms with Crippen LogP contribution >= 0.6 is 0 Å². The van der Waals surface area contributed by atoms with Crippen LogP contribution in [0.25, 0.3) is 0 Å². The van der Waals surface area contributed by atoms with E-state index in [1.165, 1.54) is 11.1 Å². The van der Waals surface area contributed by atoms with Crippen LogP contribution in [0, 0.1) is 0 Å². The van der Waals surface area contributed by atoms with Crippen LogP contribution in [0.15, 0.2) is 42.5 Å². The molecule has 0 atom stereocenters. The highest BCUT2D eigenvalue weighted by Crippen LogP contribution is 2.36. The third-order valence-corrected chi connectivity index (χ3v) is 3.59. The highest BCUT2D eigenvalue weighted by Gasteiger charge is 2.23. The van der Waals surface area contributed by atoms with Crippen molar-refractivity contribution in [3.63, 3.8) is 0 Å². The molecule has 1 heterocycles. The number of fused-ring (bicyclic) bond motifs is 1. The van der Waals surface area contributed by atoms with Gasteiger partial charge in [-0.15, -0.1) is 0 Å². The third kappa shape index (κ3) is 2.31. The molecule has 0 bridgehead atoms. The summed E-state index contributed by atoms with van der Waals surface area (Å²) in [7, 11) is 0. The number of nitrogens with two attached hydrogens (primary N) is 1. The molecule has 20 heavy (non-hydrogen) atoms. The first-order valence-electron chi connectivity index (χ1n) is 7.02. The molecule has 0 aromatic heterocycles. The van der Waals surface area contributed by atoms with Crippen LogP contribution in [0.5, 0.6) is 5.75 Å². The number of anilines is 2. The van der Waals surface area contributed by atoms with Gasteiger partial charge in [-0.1, -0.05) is 24.3 Å². The van der Waals surface area contributed by atoms with Crippen molar-refractivity contribution in [1.29, 1.82) is 0 Å². The molecule has 0 radical (unpaired) electrons. The largest absolute Gasteiger partial charge is 0.489 e. The van der Waals surface area contributed by atoms with Gasteiger partial charge in [-0.3, -0.25) is 0 Å². The number of nitrogen functional groups attached to an aromatic ring is 1. The first-order chi connectivity index (χ1) is 9.65. The second-order valence-electron chi connectivity index (χ2n) is 5.48. The fourth-order valence-electron chi connectivity index (χ4n) is 2.69. The molecular weight excluding hydrogens is 248 g/mol. The summed E-state index contributed by atoms with van der Waals surface area (Å²) in [6.45, 7) is 5.83. The zero-order chi connectivity index (χ0) is 14.1. The Kier molecular flexibility index (Phi) is 3.26. The summed E-state index contributed by atoms with van der Waals surface area (Å²) in [4.78, 5) is 2.32. The van der Waals surface area contributed by atoms with Crippen molar-refractivity contribution in [2.24, 2.45) is 0 Å². The number of rotatable bonds is 3. The van der Waals surface area contributed by atoms with Crippen LogP contribution in [-0.4, -0.2) is 6.10 Å². The molecule has 104 valence electrons. The van der Waals surface area contributed by atoms with Gasteiger partial charge in [0.05, 0.1) is 11.8 Å². The van der Waals surface area contributed by atoms with Gasteiger partial charge in [-0.05, 0) is 43.2 Å². The van der Waals surface area contributed by atoms with Gasteiger partial charge in [0, 0.05) is 18.8 Å². The van der Waals surface area contributed by atoms with Gasteiger partial charge in [-0.2, -0.15) is 0 Å². The lowest BCUT2D eigenvalue weighted by molar-refractivity contribution is 0.243. The molecule has 1 aliphatic rings. The van der Waals surface area contributed by atoms with Gasteiger partial charge in [0.15, 0.2) is 0 Å². The summed E-state index contributed by atoms with van der Waals surface area (Å²) in [5, 5.41) is 0. The monoisotopic (exact) mass is 268 g/mol. The molecule has 0 saturated carbocycles. The van der Waals surface area contributed by atoms with Crippen molar-refractivity contribution < 1.29 is 4.74 Å². The summed E-state index contributed by atoms with van der Waals surface area (Å²) in [5.41, 5.74) is 10.6. The summed E-state index contributed by atoms with van der Waals surface area (Å²) in [6, 6.07) is 14.3. The summed E-state index contributed by atoms with van der Waals surface area (Å²) >= 11 is 0. The predicted octanol–water partition coefficient (Wildman–Crippen LogP) is 3.58. The van der Waals surface area contributed by atoms with E-state index in [0.717, 1.165) is 30.2 Å². The highest BCUT2D eigenvalue weighted by molar-refractivity contribution is 5.64. The quantitative estimate of drug-likeness (QED) is 0.865. The Labute approximate surface area is 120 Å². The van der Waals surface area contributed by atoms with E-state index in [4.69, 9.17) is 10.5 Å². The van der Waals surface area contributed by atoms with E-state index in [1.54, 1.807) is 0 Å². The van der Waals surface area contributed by atoms with Crippen molar-refractivity contribution in [1.82, 2.24) is 0 Å². The lowest BCUT2D eigenvalue weighted by Gasteiger charge is -2.22. The maximum absolute atomic E-state index is 6.07. The van der Waals surface area contributed by atoms with E-state index < -0.39 is 0 Å². The number of hydrogen-bond donors (Lipinski definition) is 1. The van der Waals surface area contributed by atoms with Crippen molar-refractivity contribution in [2.45, 2.75) is 33.0 Å². The minimum Gasteiger partial charge on any atom is -0.489 e. The molecule has 0 amide bonds. The first-order valence-corrected chi connectivity index (χ1v) is 7.02. The number of hydrogen-bond acceptors (Lipinski definition) is 3. The van der Waals surface area contributed by atoms with E-state index in [2.05, 4.69) is 23.1 Å². The number of ether oxygens (including phenoxy) is 1. The minimum atomic E-state index is 0.172. The Morgan fingerprint density at radius 3 is 2.60 bits per heavy atom. The van der Waals surface area contributed by atoms with E-state index >= 15 is 0 Å². The molecule has 0 aliphatic carbocycles. The molecule has 0 unspecified atom stereocenters. The minimum absolute atomic E-state index is 0.172. The fraction of sp³-hybridized carbons (Fsp3) is 0.294. The molecular formula is C17H20N2O. The smallest absolute Gasteiger partial charge is 0.142 e. The van der Waals surface area contributed by atoms with Crippen molar-refractivity contribution in [3.05, 3.63) is 53.6 Å². The maximum atomic E-state index is 6.07. The summed E-state index contributed by atoms with van der Waals surface area (Å²) < 4.78 is 5.91. The lowest BCUT2D eigenvalue weighted by Crippen LogP contribution is -2.17. The van der Waals surface area contributed by atoms with Crippen molar-refractivity contribution >= 4 is 11.4 Å². The Morgan fingerprint density at radius 1 is 1.05 bits per heavy atom. The molecule has 3 rings (SSSR count). The van der Waals surface area contributed by atoms with Gasteiger partial charge < -0.3 is 15.4 Å².